The van der Waals surface area contributed by atoms with E-state index in [2.05, 4.69) is 10.3 Å². The Morgan fingerprint density at radius 1 is 1.42 bits per heavy atom. The molecule has 0 radical (unpaired) electrons. The normalized spacial score (nSPS) is 10.5. The van der Waals surface area contributed by atoms with Crippen molar-refractivity contribution in [3.05, 3.63) is 45.4 Å². The SMILES string of the molecule is Cc1ccc(NC(=O)Cc2nc(CCl)cs2)c(C)c1. The van der Waals surface area contributed by atoms with E-state index >= 15 is 0 Å². The van der Waals surface area contributed by atoms with Crippen molar-refractivity contribution in [2.45, 2.75) is 26.1 Å². The average molecular weight is 295 g/mol. The quantitative estimate of drug-likeness (QED) is 0.874. The van der Waals surface area contributed by atoms with E-state index in [4.69, 9.17) is 11.6 Å². The minimum Gasteiger partial charge on any atom is -0.325 e. The Hall–Kier alpha value is -1.39. The fourth-order valence-corrected chi connectivity index (χ4v) is 2.80. The number of rotatable bonds is 4. The molecule has 1 amide bonds. The summed E-state index contributed by atoms with van der Waals surface area (Å²) in [5.74, 6) is 0.331. The zero-order valence-corrected chi connectivity index (χ0v) is 12.4. The lowest BCUT2D eigenvalue weighted by atomic mass is 10.1. The van der Waals surface area contributed by atoms with Crippen molar-refractivity contribution in [1.82, 2.24) is 4.98 Å². The molecule has 0 spiro atoms. The molecule has 1 aromatic heterocycles. The fourth-order valence-electron chi connectivity index (χ4n) is 1.78. The van der Waals surface area contributed by atoms with Crippen LogP contribution < -0.4 is 5.32 Å². The number of aromatic nitrogens is 1. The summed E-state index contributed by atoms with van der Waals surface area (Å²) in [6.07, 6.45) is 0.287. The van der Waals surface area contributed by atoms with Crippen molar-refractivity contribution >= 4 is 34.5 Å². The van der Waals surface area contributed by atoms with E-state index in [9.17, 15) is 4.79 Å². The van der Waals surface area contributed by atoms with Crippen LogP contribution in [-0.2, 0) is 17.1 Å². The fraction of sp³-hybridized carbons (Fsp3) is 0.286. The number of hydrogen-bond donors (Lipinski definition) is 1. The van der Waals surface area contributed by atoms with Gasteiger partial charge in [0.25, 0.3) is 0 Å². The number of nitrogens with zero attached hydrogens (tertiary/aromatic N) is 1. The van der Waals surface area contributed by atoms with Crippen molar-refractivity contribution in [2.24, 2.45) is 0 Å². The molecule has 1 N–H and O–H groups in total. The molecule has 2 rings (SSSR count). The second kappa shape index (κ2) is 6.17. The summed E-state index contributed by atoms with van der Waals surface area (Å²) in [5.41, 5.74) is 3.92. The molecule has 1 aromatic carbocycles. The third kappa shape index (κ3) is 3.78. The zero-order valence-electron chi connectivity index (χ0n) is 10.9. The van der Waals surface area contributed by atoms with Crippen LogP contribution in [0.2, 0.25) is 0 Å². The third-order valence-electron chi connectivity index (χ3n) is 2.70. The van der Waals surface area contributed by atoms with E-state index in [1.807, 2.05) is 37.4 Å². The predicted molar refractivity (Wildman–Crippen MR) is 79.9 cm³/mol. The maximum Gasteiger partial charge on any atom is 0.231 e. The van der Waals surface area contributed by atoms with E-state index in [0.29, 0.717) is 5.88 Å². The number of anilines is 1. The number of halogens is 1. The van der Waals surface area contributed by atoms with Gasteiger partial charge in [-0.15, -0.1) is 22.9 Å². The Labute approximate surface area is 121 Å². The van der Waals surface area contributed by atoms with Gasteiger partial charge in [-0.1, -0.05) is 17.7 Å². The highest BCUT2D eigenvalue weighted by atomic mass is 35.5. The van der Waals surface area contributed by atoms with Crippen LogP contribution in [0.25, 0.3) is 0 Å². The van der Waals surface area contributed by atoms with Gasteiger partial charge in [0.15, 0.2) is 0 Å². The standard InChI is InChI=1S/C14H15ClN2OS/c1-9-3-4-12(10(2)5-9)17-13(18)6-14-16-11(7-15)8-19-14/h3-5,8H,6-7H2,1-2H3,(H,17,18). The number of carbonyl (C=O) groups is 1. The topological polar surface area (TPSA) is 42.0 Å². The molecule has 0 saturated carbocycles. The van der Waals surface area contributed by atoms with Crippen LogP contribution in [0.4, 0.5) is 5.69 Å². The molecule has 2 aromatic rings. The van der Waals surface area contributed by atoms with Crippen molar-refractivity contribution in [3.63, 3.8) is 0 Å². The lowest BCUT2D eigenvalue weighted by Gasteiger charge is -2.08. The molecule has 0 bridgehead atoms. The van der Waals surface area contributed by atoms with Crippen molar-refractivity contribution in [1.29, 1.82) is 0 Å². The van der Waals surface area contributed by atoms with Crippen molar-refractivity contribution in [3.8, 4) is 0 Å². The van der Waals surface area contributed by atoms with E-state index in [0.717, 1.165) is 22.0 Å². The molecule has 5 heteroatoms. The molecule has 0 fully saturated rings. The molecule has 0 saturated heterocycles. The number of aryl methyl sites for hydroxylation is 2. The lowest BCUT2D eigenvalue weighted by molar-refractivity contribution is -0.115. The molecule has 3 nitrogen and oxygen atoms in total. The summed E-state index contributed by atoms with van der Waals surface area (Å²) in [4.78, 5) is 16.2. The maximum absolute atomic E-state index is 11.9. The van der Waals surface area contributed by atoms with Gasteiger partial charge in [-0.05, 0) is 25.5 Å². The molecule has 0 aliphatic heterocycles. The molecule has 1 heterocycles. The first-order chi connectivity index (χ1) is 9.08. The first-order valence-corrected chi connectivity index (χ1v) is 7.36. The molecule has 0 unspecified atom stereocenters. The summed E-state index contributed by atoms with van der Waals surface area (Å²) >= 11 is 7.15. The molecule has 0 aliphatic carbocycles. The first kappa shape index (κ1) is 14.0. The Bertz CT molecular complexity index is 595. The second-order valence-corrected chi connectivity index (χ2v) is 5.62. The number of carbonyl (C=O) groups excluding carboxylic acids is 1. The molecule has 19 heavy (non-hydrogen) atoms. The Morgan fingerprint density at radius 3 is 2.84 bits per heavy atom. The van der Waals surface area contributed by atoms with Gasteiger partial charge in [0, 0.05) is 11.1 Å². The van der Waals surface area contributed by atoms with Crippen LogP contribution in [-0.4, -0.2) is 10.9 Å². The molecule has 100 valence electrons. The smallest absolute Gasteiger partial charge is 0.231 e. The summed E-state index contributed by atoms with van der Waals surface area (Å²) in [6, 6.07) is 5.96. The molecular formula is C14H15ClN2OS. The highest BCUT2D eigenvalue weighted by molar-refractivity contribution is 7.09. The van der Waals surface area contributed by atoms with Crippen molar-refractivity contribution in [2.75, 3.05) is 5.32 Å². The molecule has 0 aliphatic rings. The summed E-state index contributed by atoms with van der Waals surface area (Å²) in [6.45, 7) is 4.01. The monoisotopic (exact) mass is 294 g/mol. The number of thiazole rings is 1. The lowest BCUT2D eigenvalue weighted by Crippen LogP contribution is -2.15. The minimum absolute atomic E-state index is 0.0533. The Balaban J connectivity index is 2.01. The number of hydrogen-bond acceptors (Lipinski definition) is 3. The van der Waals surface area contributed by atoms with Crippen LogP contribution in [0.5, 0.6) is 0 Å². The van der Waals surface area contributed by atoms with Gasteiger partial charge in [-0.2, -0.15) is 0 Å². The summed E-state index contributed by atoms with van der Waals surface area (Å²) in [5, 5.41) is 5.58. The van der Waals surface area contributed by atoms with Gasteiger partial charge < -0.3 is 5.32 Å². The average Bonchev–Trinajstić information content (AvgIpc) is 2.80. The van der Waals surface area contributed by atoms with Gasteiger partial charge in [0.2, 0.25) is 5.91 Å². The molecule has 0 atom stereocenters. The number of amides is 1. The van der Waals surface area contributed by atoms with Crippen LogP contribution >= 0.6 is 22.9 Å². The zero-order chi connectivity index (χ0) is 13.8. The maximum atomic E-state index is 11.9. The Morgan fingerprint density at radius 2 is 2.21 bits per heavy atom. The van der Waals surface area contributed by atoms with Gasteiger partial charge in [0.05, 0.1) is 18.0 Å². The van der Waals surface area contributed by atoms with Crippen molar-refractivity contribution < 1.29 is 4.79 Å². The second-order valence-electron chi connectivity index (χ2n) is 4.41. The summed E-state index contributed by atoms with van der Waals surface area (Å²) in [7, 11) is 0. The number of nitrogens with one attached hydrogen (secondary N) is 1. The van der Waals surface area contributed by atoms with Gasteiger partial charge in [-0.3, -0.25) is 4.79 Å². The van der Waals surface area contributed by atoms with E-state index < -0.39 is 0 Å². The van der Waals surface area contributed by atoms with Gasteiger partial charge in [-0.25, -0.2) is 4.98 Å². The van der Waals surface area contributed by atoms with Gasteiger partial charge in [0.1, 0.15) is 5.01 Å². The van der Waals surface area contributed by atoms with Crippen LogP contribution in [0, 0.1) is 13.8 Å². The highest BCUT2D eigenvalue weighted by Crippen LogP contribution is 2.17. The van der Waals surface area contributed by atoms with Crippen LogP contribution in [0.1, 0.15) is 21.8 Å². The first-order valence-electron chi connectivity index (χ1n) is 5.95. The van der Waals surface area contributed by atoms with E-state index in [1.54, 1.807) is 0 Å². The summed E-state index contributed by atoms with van der Waals surface area (Å²) < 4.78 is 0. The van der Waals surface area contributed by atoms with Gasteiger partial charge >= 0.3 is 0 Å². The van der Waals surface area contributed by atoms with E-state index in [-0.39, 0.29) is 12.3 Å². The highest BCUT2D eigenvalue weighted by Gasteiger charge is 2.09. The van der Waals surface area contributed by atoms with Crippen LogP contribution in [0.3, 0.4) is 0 Å². The number of benzene rings is 1. The number of alkyl halides is 1. The Kier molecular flexibility index (Phi) is 4.56. The molecular weight excluding hydrogens is 280 g/mol. The minimum atomic E-state index is -0.0533. The van der Waals surface area contributed by atoms with E-state index in [1.165, 1.54) is 16.9 Å². The third-order valence-corrected chi connectivity index (χ3v) is 3.88. The van der Waals surface area contributed by atoms with Crippen LogP contribution in [0.15, 0.2) is 23.6 Å². The predicted octanol–water partition coefficient (Wildman–Crippen LogP) is 3.68. The largest absolute Gasteiger partial charge is 0.325 e.